The van der Waals surface area contributed by atoms with Crippen LogP contribution in [0.3, 0.4) is 0 Å². The molecule has 0 bridgehead atoms. The van der Waals surface area contributed by atoms with Crippen LogP contribution in [0.1, 0.15) is 18.1 Å². The normalized spacial score (nSPS) is 10.6. The number of ether oxygens (including phenoxy) is 1. The summed E-state index contributed by atoms with van der Waals surface area (Å²) in [4.78, 5) is 0. The molecule has 0 fully saturated rings. The van der Waals surface area contributed by atoms with Gasteiger partial charge >= 0.3 is 0 Å². The largest absolute Gasteiger partial charge is 0.489 e. The molecule has 0 aromatic heterocycles. The maximum Gasteiger partial charge on any atom is 0.119 e. The molecule has 1 nitrogen and oxygen atoms in total. The van der Waals surface area contributed by atoms with E-state index in [-0.39, 0.29) is 0 Å². The van der Waals surface area contributed by atoms with Gasteiger partial charge in [0.15, 0.2) is 0 Å². The van der Waals surface area contributed by atoms with Crippen LogP contribution < -0.4 is 4.74 Å². The van der Waals surface area contributed by atoms with Crippen molar-refractivity contribution in [2.75, 3.05) is 0 Å². The Morgan fingerprint density at radius 1 is 0.941 bits per heavy atom. The molecule has 2 rings (SSSR count). The summed E-state index contributed by atoms with van der Waals surface area (Å²) >= 11 is 0. The molecule has 2 aromatic rings. The van der Waals surface area contributed by atoms with Crippen molar-refractivity contribution >= 4 is 6.08 Å². The quantitative estimate of drug-likeness (QED) is 0.752. The molecule has 0 unspecified atom stereocenters. The van der Waals surface area contributed by atoms with Crippen molar-refractivity contribution in [3.05, 3.63) is 71.8 Å². The first-order valence-corrected chi connectivity index (χ1v) is 5.78. The molecule has 1 heteroatoms. The van der Waals surface area contributed by atoms with Crippen molar-refractivity contribution < 1.29 is 4.74 Å². The standard InChI is InChI=1S/C16H16O/c1-2-6-14-9-11-16(12-10-14)17-13-15-7-4-3-5-8-15/h2-12H,13H2,1H3. The first-order chi connectivity index (χ1) is 8.38. The lowest BCUT2D eigenvalue weighted by Gasteiger charge is -2.06. The molecular formula is C16H16O. The summed E-state index contributed by atoms with van der Waals surface area (Å²) in [5, 5.41) is 0. The van der Waals surface area contributed by atoms with E-state index < -0.39 is 0 Å². The van der Waals surface area contributed by atoms with E-state index >= 15 is 0 Å². The van der Waals surface area contributed by atoms with E-state index in [4.69, 9.17) is 4.74 Å². The van der Waals surface area contributed by atoms with Gasteiger partial charge in [-0.1, -0.05) is 54.6 Å². The molecule has 86 valence electrons. The van der Waals surface area contributed by atoms with Crippen LogP contribution in [0, 0.1) is 0 Å². The lowest BCUT2D eigenvalue weighted by atomic mass is 10.2. The van der Waals surface area contributed by atoms with Gasteiger partial charge in [0.2, 0.25) is 0 Å². The zero-order valence-electron chi connectivity index (χ0n) is 9.97. The summed E-state index contributed by atoms with van der Waals surface area (Å²) in [6.07, 6.45) is 4.10. The van der Waals surface area contributed by atoms with E-state index in [1.54, 1.807) is 0 Å². The Bertz CT molecular complexity index is 469. The molecular weight excluding hydrogens is 208 g/mol. The lowest BCUT2D eigenvalue weighted by Crippen LogP contribution is -1.94. The fourth-order valence-electron chi connectivity index (χ4n) is 1.61. The van der Waals surface area contributed by atoms with Crippen molar-refractivity contribution in [3.8, 4) is 5.75 Å². The van der Waals surface area contributed by atoms with Gasteiger partial charge in [-0.3, -0.25) is 0 Å². The molecule has 0 saturated heterocycles. The Morgan fingerprint density at radius 3 is 2.29 bits per heavy atom. The average molecular weight is 224 g/mol. The van der Waals surface area contributed by atoms with Gasteiger partial charge in [0, 0.05) is 0 Å². The summed E-state index contributed by atoms with van der Waals surface area (Å²) in [5.74, 6) is 0.905. The molecule has 0 spiro atoms. The predicted molar refractivity (Wildman–Crippen MR) is 71.9 cm³/mol. The van der Waals surface area contributed by atoms with Crippen LogP contribution >= 0.6 is 0 Å². The van der Waals surface area contributed by atoms with Gasteiger partial charge in [-0.05, 0) is 30.2 Å². The van der Waals surface area contributed by atoms with E-state index in [1.165, 1.54) is 11.1 Å². The Kier molecular flexibility index (Phi) is 3.98. The van der Waals surface area contributed by atoms with Crippen molar-refractivity contribution in [1.29, 1.82) is 0 Å². The minimum Gasteiger partial charge on any atom is -0.489 e. The number of rotatable bonds is 4. The topological polar surface area (TPSA) is 9.23 Å². The molecule has 0 amide bonds. The molecule has 0 aliphatic heterocycles. The summed E-state index contributed by atoms with van der Waals surface area (Å²) in [7, 11) is 0. The Labute approximate surface area is 102 Å². The van der Waals surface area contributed by atoms with Gasteiger partial charge in [0.05, 0.1) is 0 Å². The highest BCUT2D eigenvalue weighted by Gasteiger charge is 1.95. The summed E-state index contributed by atoms with van der Waals surface area (Å²) in [6.45, 7) is 2.63. The number of benzene rings is 2. The van der Waals surface area contributed by atoms with Gasteiger partial charge < -0.3 is 4.74 Å². The van der Waals surface area contributed by atoms with Gasteiger partial charge in [-0.2, -0.15) is 0 Å². The molecule has 0 radical (unpaired) electrons. The van der Waals surface area contributed by atoms with E-state index in [2.05, 4.69) is 30.3 Å². The van der Waals surface area contributed by atoms with Crippen LogP contribution in [-0.4, -0.2) is 0 Å². The minimum atomic E-state index is 0.615. The van der Waals surface area contributed by atoms with Gasteiger partial charge in [0.25, 0.3) is 0 Å². The van der Waals surface area contributed by atoms with Crippen molar-refractivity contribution in [2.24, 2.45) is 0 Å². The van der Waals surface area contributed by atoms with Gasteiger partial charge in [-0.15, -0.1) is 0 Å². The van der Waals surface area contributed by atoms with Crippen LogP contribution in [-0.2, 0) is 6.61 Å². The van der Waals surface area contributed by atoms with E-state index in [9.17, 15) is 0 Å². The number of hydrogen-bond acceptors (Lipinski definition) is 1. The zero-order valence-corrected chi connectivity index (χ0v) is 9.97. The Morgan fingerprint density at radius 2 is 1.65 bits per heavy atom. The highest BCUT2D eigenvalue weighted by Crippen LogP contribution is 2.14. The van der Waals surface area contributed by atoms with Crippen LogP contribution in [0.15, 0.2) is 60.7 Å². The fourth-order valence-corrected chi connectivity index (χ4v) is 1.61. The monoisotopic (exact) mass is 224 g/mol. The number of hydrogen-bond donors (Lipinski definition) is 0. The summed E-state index contributed by atoms with van der Waals surface area (Å²) < 4.78 is 5.70. The molecule has 0 N–H and O–H groups in total. The maximum atomic E-state index is 5.70. The number of allylic oxidation sites excluding steroid dienone is 1. The predicted octanol–water partition coefficient (Wildman–Crippen LogP) is 4.30. The Hall–Kier alpha value is -2.02. The molecule has 0 aliphatic carbocycles. The van der Waals surface area contributed by atoms with Crippen LogP contribution in [0.25, 0.3) is 6.08 Å². The van der Waals surface area contributed by atoms with Crippen LogP contribution in [0.4, 0.5) is 0 Å². The highest BCUT2D eigenvalue weighted by atomic mass is 16.5. The Balaban J connectivity index is 1.95. The van der Waals surface area contributed by atoms with Crippen LogP contribution in [0.2, 0.25) is 0 Å². The second kappa shape index (κ2) is 5.90. The fraction of sp³-hybridized carbons (Fsp3) is 0.125. The lowest BCUT2D eigenvalue weighted by molar-refractivity contribution is 0.306. The summed E-state index contributed by atoms with van der Waals surface area (Å²) in [5.41, 5.74) is 2.38. The third-order valence-electron chi connectivity index (χ3n) is 2.49. The van der Waals surface area contributed by atoms with E-state index in [0.717, 1.165) is 5.75 Å². The first-order valence-electron chi connectivity index (χ1n) is 5.78. The molecule has 0 heterocycles. The third-order valence-corrected chi connectivity index (χ3v) is 2.49. The van der Waals surface area contributed by atoms with Crippen LogP contribution in [0.5, 0.6) is 5.75 Å². The maximum absolute atomic E-state index is 5.70. The second-order valence-corrected chi connectivity index (χ2v) is 3.84. The van der Waals surface area contributed by atoms with E-state index in [0.29, 0.717) is 6.61 Å². The molecule has 17 heavy (non-hydrogen) atoms. The SMILES string of the molecule is CC=Cc1ccc(OCc2ccccc2)cc1. The molecule has 0 atom stereocenters. The molecule has 0 aliphatic rings. The minimum absolute atomic E-state index is 0.615. The smallest absolute Gasteiger partial charge is 0.119 e. The molecule has 2 aromatic carbocycles. The zero-order chi connectivity index (χ0) is 11.9. The van der Waals surface area contributed by atoms with Gasteiger partial charge in [-0.25, -0.2) is 0 Å². The summed E-state index contributed by atoms with van der Waals surface area (Å²) in [6, 6.07) is 18.3. The average Bonchev–Trinajstić information content (AvgIpc) is 2.40. The first kappa shape index (κ1) is 11.5. The van der Waals surface area contributed by atoms with Crippen molar-refractivity contribution in [2.45, 2.75) is 13.5 Å². The second-order valence-electron chi connectivity index (χ2n) is 3.84. The molecule has 0 saturated carbocycles. The highest BCUT2D eigenvalue weighted by molar-refractivity contribution is 5.50. The third kappa shape index (κ3) is 3.49. The van der Waals surface area contributed by atoms with E-state index in [1.807, 2.05) is 43.3 Å². The van der Waals surface area contributed by atoms with Crippen molar-refractivity contribution in [1.82, 2.24) is 0 Å². The van der Waals surface area contributed by atoms with Gasteiger partial charge in [0.1, 0.15) is 12.4 Å². The van der Waals surface area contributed by atoms with Crippen molar-refractivity contribution in [3.63, 3.8) is 0 Å².